The summed E-state index contributed by atoms with van der Waals surface area (Å²) in [6.07, 6.45) is 2.06. The molecular weight excluding hydrogens is 218 g/mol. The van der Waals surface area contributed by atoms with E-state index in [-0.39, 0.29) is 12.0 Å². The number of aliphatic hydroxyl groups excluding tert-OH is 1. The smallest absolute Gasteiger partial charge is 0.376 e. The minimum atomic E-state index is -1.64. The molecule has 0 amide bonds. The molecule has 0 aliphatic rings. The maximum atomic E-state index is 10.6. The van der Waals surface area contributed by atoms with Gasteiger partial charge in [0.2, 0.25) is 0 Å². The van der Waals surface area contributed by atoms with E-state index in [1.54, 1.807) is 0 Å². The van der Waals surface area contributed by atoms with Gasteiger partial charge < -0.3 is 21.1 Å². The fourth-order valence-corrected chi connectivity index (χ4v) is 0.759. The molecule has 0 spiro atoms. The van der Waals surface area contributed by atoms with E-state index >= 15 is 0 Å². The molecule has 16 heavy (non-hydrogen) atoms. The number of carbonyl (C=O) groups excluding carboxylic acids is 1. The van der Waals surface area contributed by atoms with Gasteiger partial charge in [0.05, 0.1) is 6.26 Å². The molecule has 0 heterocycles. The highest BCUT2D eigenvalue weighted by Crippen LogP contribution is 2.05. The maximum absolute atomic E-state index is 10.6. The monoisotopic (exact) mass is 229 g/mol. The van der Waals surface area contributed by atoms with E-state index in [0.29, 0.717) is 12.3 Å². The van der Waals surface area contributed by atoms with Crippen LogP contribution in [0.15, 0.2) is 24.0 Å². The van der Waals surface area contributed by atoms with Gasteiger partial charge in [-0.2, -0.15) is 0 Å². The van der Waals surface area contributed by atoms with Crippen LogP contribution in [0.2, 0.25) is 0 Å². The number of nitrogens with two attached hydrogens (primary N) is 1. The molecule has 88 valence electrons. The van der Waals surface area contributed by atoms with Crippen LogP contribution in [0, 0.1) is 0 Å². The number of hydrogen-bond donors (Lipinski definition) is 4. The Hall–Kier alpha value is -2.15. The predicted octanol–water partition coefficient (Wildman–Crippen LogP) is -0.560. The maximum Gasteiger partial charge on any atom is 0.376 e. The van der Waals surface area contributed by atoms with Gasteiger partial charge in [-0.25, -0.2) is 4.79 Å². The molecule has 7 nitrogen and oxygen atoms in total. The third-order valence-electron chi connectivity index (χ3n) is 1.60. The van der Waals surface area contributed by atoms with Crippen molar-refractivity contribution < 1.29 is 29.7 Å². The Kier molecular flexibility index (Phi) is 5.50. The highest BCUT2D eigenvalue weighted by molar-refractivity contribution is 6.37. The molecule has 7 heteroatoms. The SMILES string of the molecule is NC(CC(C=CC(=O)C(=O)O)=CO)C(=O)O. The number of allylic oxidation sites excluding steroid dienone is 1. The van der Waals surface area contributed by atoms with Gasteiger partial charge in [0.25, 0.3) is 5.78 Å². The molecule has 0 aromatic rings. The molecular formula is C9H11NO6. The van der Waals surface area contributed by atoms with Crippen LogP contribution in [0.5, 0.6) is 0 Å². The summed E-state index contributed by atoms with van der Waals surface area (Å²) in [5.41, 5.74) is 5.22. The van der Waals surface area contributed by atoms with Gasteiger partial charge in [0.15, 0.2) is 0 Å². The van der Waals surface area contributed by atoms with Crippen LogP contribution in [0.25, 0.3) is 0 Å². The number of carboxylic acid groups (broad SMARTS) is 2. The van der Waals surface area contributed by atoms with Crippen LogP contribution in [0.3, 0.4) is 0 Å². The Balaban J connectivity index is 4.50. The summed E-state index contributed by atoms with van der Waals surface area (Å²) in [6, 6.07) is -1.23. The molecule has 5 N–H and O–H groups in total. The van der Waals surface area contributed by atoms with Crippen LogP contribution in [0.1, 0.15) is 6.42 Å². The summed E-state index contributed by atoms with van der Waals surface area (Å²) in [6.45, 7) is 0. The molecule has 0 fully saturated rings. The van der Waals surface area contributed by atoms with Crippen molar-refractivity contribution in [3.05, 3.63) is 24.0 Å². The van der Waals surface area contributed by atoms with E-state index < -0.39 is 23.8 Å². The molecule has 0 rings (SSSR count). The Bertz CT molecular complexity index is 357. The molecule has 0 saturated heterocycles. The quantitative estimate of drug-likeness (QED) is 0.207. The van der Waals surface area contributed by atoms with Crippen molar-refractivity contribution >= 4 is 17.7 Å². The van der Waals surface area contributed by atoms with Gasteiger partial charge in [-0.05, 0) is 11.6 Å². The van der Waals surface area contributed by atoms with Gasteiger partial charge in [0.1, 0.15) is 6.04 Å². The Morgan fingerprint density at radius 2 is 1.75 bits per heavy atom. The summed E-state index contributed by atoms with van der Waals surface area (Å²) in [4.78, 5) is 31.1. The molecule has 0 aromatic heterocycles. The number of carboxylic acids is 2. The third-order valence-corrected chi connectivity index (χ3v) is 1.60. The van der Waals surface area contributed by atoms with Crippen LogP contribution in [-0.4, -0.2) is 39.1 Å². The molecule has 0 aliphatic carbocycles. The van der Waals surface area contributed by atoms with Crippen molar-refractivity contribution in [1.82, 2.24) is 0 Å². The number of rotatable bonds is 6. The van der Waals surface area contributed by atoms with E-state index in [9.17, 15) is 14.4 Å². The number of carbonyl (C=O) groups is 3. The lowest BCUT2D eigenvalue weighted by Gasteiger charge is -2.05. The standard InChI is InChI=1S/C9H11NO6/c10-6(8(13)14)3-5(4-11)1-2-7(12)9(15)16/h1-2,4,6,11H,3,10H2,(H,13,14)(H,15,16). The van der Waals surface area contributed by atoms with Crippen molar-refractivity contribution in [3.8, 4) is 0 Å². The van der Waals surface area contributed by atoms with Crippen LogP contribution >= 0.6 is 0 Å². The van der Waals surface area contributed by atoms with Crippen molar-refractivity contribution in [2.45, 2.75) is 12.5 Å². The van der Waals surface area contributed by atoms with E-state index in [2.05, 4.69) is 0 Å². The molecule has 0 aliphatic heterocycles. The molecule has 0 aromatic carbocycles. The second-order valence-corrected chi connectivity index (χ2v) is 2.86. The summed E-state index contributed by atoms with van der Waals surface area (Å²) < 4.78 is 0. The van der Waals surface area contributed by atoms with Crippen LogP contribution in [0.4, 0.5) is 0 Å². The molecule has 1 atom stereocenters. The number of ketones is 1. The Morgan fingerprint density at radius 3 is 2.12 bits per heavy atom. The highest BCUT2D eigenvalue weighted by Gasteiger charge is 2.13. The number of aliphatic hydroxyl groups is 1. The fourth-order valence-electron chi connectivity index (χ4n) is 0.759. The minimum Gasteiger partial charge on any atom is -0.515 e. The molecule has 0 radical (unpaired) electrons. The zero-order chi connectivity index (χ0) is 12.7. The summed E-state index contributed by atoms with van der Waals surface area (Å²) in [5, 5.41) is 25.4. The van der Waals surface area contributed by atoms with Crippen molar-refractivity contribution in [2.75, 3.05) is 0 Å². The normalized spacial score (nSPS) is 13.7. The predicted molar refractivity (Wildman–Crippen MR) is 52.7 cm³/mol. The Labute approximate surface area is 90.5 Å². The molecule has 1 unspecified atom stereocenters. The molecule has 0 bridgehead atoms. The van der Waals surface area contributed by atoms with Crippen LogP contribution in [-0.2, 0) is 14.4 Å². The van der Waals surface area contributed by atoms with Crippen molar-refractivity contribution in [1.29, 1.82) is 0 Å². The second kappa shape index (κ2) is 6.36. The first-order valence-electron chi connectivity index (χ1n) is 4.15. The lowest BCUT2D eigenvalue weighted by atomic mass is 10.1. The first kappa shape index (κ1) is 13.8. The zero-order valence-corrected chi connectivity index (χ0v) is 8.16. The van der Waals surface area contributed by atoms with Gasteiger partial charge in [-0.15, -0.1) is 0 Å². The fraction of sp³-hybridized carbons (Fsp3) is 0.222. The van der Waals surface area contributed by atoms with Crippen molar-refractivity contribution in [2.24, 2.45) is 5.73 Å². The minimum absolute atomic E-state index is 0.0458. The van der Waals surface area contributed by atoms with Crippen LogP contribution < -0.4 is 5.73 Å². The summed E-state index contributed by atoms with van der Waals surface area (Å²) in [5.74, 6) is -4.09. The van der Waals surface area contributed by atoms with Gasteiger partial charge in [0, 0.05) is 6.42 Å². The number of aliphatic carboxylic acids is 2. The number of hydrogen-bond acceptors (Lipinski definition) is 5. The zero-order valence-electron chi connectivity index (χ0n) is 8.16. The molecule has 0 saturated carbocycles. The summed E-state index contributed by atoms with van der Waals surface area (Å²) in [7, 11) is 0. The highest BCUT2D eigenvalue weighted by atomic mass is 16.4. The Morgan fingerprint density at radius 1 is 1.19 bits per heavy atom. The average Bonchev–Trinajstić information content (AvgIpc) is 2.22. The van der Waals surface area contributed by atoms with Gasteiger partial charge in [-0.3, -0.25) is 9.59 Å². The first-order chi connectivity index (χ1) is 7.38. The topological polar surface area (TPSA) is 138 Å². The first-order valence-corrected chi connectivity index (χ1v) is 4.15. The lowest BCUT2D eigenvalue weighted by Crippen LogP contribution is -2.30. The average molecular weight is 229 g/mol. The second-order valence-electron chi connectivity index (χ2n) is 2.86. The van der Waals surface area contributed by atoms with E-state index in [1.165, 1.54) is 0 Å². The summed E-state index contributed by atoms with van der Waals surface area (Å²) >= 11 is 0. The lowest BCUT2D eigenvalue weighted by molar-refractivity contribution is -0.146. The van der Waals surface area contributed by atoms with E-state index in [1.807, 2.05) is 0 Å². The van der Waals surface area contributed by atoms with Gasteiger partial charge >= 0.3 is 11.9 Å². The van der Waals surface area contributed by atoms with Crippen molar-refractivity contribution in [3.63, 3.8) is 0 Å². The van der Waals surface area contributed by atoms with E-state index in [0.717, 1.165) is 6.08 Å². The largest absolute Gasteiger partial charge is 0.515 e. The van der Waals surface area contributed by atoms with Gasteiger partial charge in [-0.1, -0.05) is 6.08 Å². The van der Waals surface area contributed by atoms with E-state index in [4.69, 9.17) is 21.1 Å². The third kappa shape index (κ3) is 4.91.